The number of hydrogen-bond acceptors (Lipinski definition) is 5. The Morgan fingerprint density at radius 2 is 2.38 bits per heavy atom. The summed E-state index contributed by atoms with van der Waals surface area (Å²) in [5.41, 5.74) is 1.13. The molecule has 3 rings (SSSR count). The van der Waals surface area contributed by atoms with Gasteiger partial charge in [-0.25, -0.2) is 9.97 Å². The van der Waals surface area contributed by atoms with Crippen molar-refractivity contribution in [3.8, 4) is 0 Å². The predicted molar refractivity (Wildman–Crippen MR) is 82.3 cm³/mol. The van der Waals surface area contributed by atoms with Gasteiger partial charge in [-0.1, -0.05) is 0 Å². The van der Waals surface area contributed by atoms with E-state index in [1.165, 1.54) is 0 Å². The van der Waals surface area contributed by atoms with E-state index in [0.29, 0.717) is 0 Å². The standard InChI is InChI=1S/C15H18N4OS/c1-11-18-12(10-21-11)5-6-16-14(13-4-3-9-20-13)15-17-7-8-19(15)2/h3-4,7-10,14,16H,5-6H2,1-2H3. The number of rotatable bonds is 6. The van der Waals surface area contributed by atoms with Crippen LogP contribution >= 0.6 is 11.3 Å². The van der Waals surface area contributed by atoms with Crippen LogP contribution in [0.4, 0.5) is 0 Å². The van der Waals surface area contributed by atoms with Gasteiger partial charge in [0.1, 0.15) is 17.6 Å². The molecule has 110 valence electrons. The maximum atomic E-state index is 5.55. The lowest BCUT2D eigenvalue weighted by molar-refractivity contribution is 0.431. The Labute approximate surface area is 127 Å². The first-order valence-electron chi connectivity index (χ1n) is 6.89. The molecule has 0 spiro atoms. The molecule has 6 heteroatoms. The summed E-state index contributed by atoms with van der Waals surface area (Å²) in [6.07, 6.45) is 6.33. The van der Waals surface area contributed by atoms with Crippen LogP contribution in [0.1, 0.15) is 28.3 Å². The van der Waals surface area contributed by atoms with Crippen LogP contribution in [-0.2, 0) is 13.5 Å². The second kappa shape index (κ2) is 6.24. The Morgan fingerprint density at radius 3 is 3.00 bits per heavy atom. The fourth-order valence-electron chi connectivity index (χ4n) is 2.30. The van der Waals surface area contributed by atoms with Crippen LogP contribution in [0.25, 0.3) is 0 Å². The SMILES string of the molecule is Cc1nc(CCNC(c2ccco2)c2nccn2C)cs1. The van der Waals surface area contributed by atoms with E-state index in [0.717, 1.165) is 35.3 Å². The van der Waals surface area contributed by atoms with E-state index in [4.69, 9.17) is 4.42 Å². The zero-order valence-corrected chi connectivity index (χ0v) is 12.9. The molecule has 0 aliphatic rings. The highest BCUT2D eigenvalue weighted by molar-refractivity contribution is 7.09. The van der Waals surface area contributed by atoms with Crippen molar-refractivity contribution in [3.05, 3.63) is 58.5 Å². The number of nitrogens with zero attached hydrogens (tertiary/aromatic N) is 3. The average molecular weight is 302 g/mol. The van der Waals surface area contributed by atoms with Crippen molar-refractivity contribution in [2.45, 2.75) is 19.4 Å². The third-order valence-electron chi connectivity index (χ3n) is 3.34. The summed E-state index contributed by atoms with van der Waals surface area (Å²) < 4.78 is 7.56. The first-order chi connectivity index (χ1) is 10.2. The van der Waals surface area contributed by atoms with Crippen LogP contribution in [0, 0.1) is 6.92 Å². The number of hydrogen-bond donors (Lipinski definition) is 1. The summed E-state index contributed by atoms with van der Waals surface area (Å²) in [4.78, 5) is 8.91. The molecule has 0 bridgehead atoms. The smallest absolute Gasteiger partial charge is 0.133 e. The molecule has 5 nitrogen and oxygen atoms in total. The number of furan rings is 1. The third-order valence-corrected chi connectivity index (χ3v) is 4.16. The minimum absolute atomic E-state index is 0.0419. The average Bonchev–Trinajstić information content (AvgIpc) is 3.18. The van der Waals surface area contributed by atoms with Gasteiger partial charge >= 0.3 is 0 Å². The van der Waals surface area contributed by atoms with Gasteiger partial charge in [-0.15, -0.1) is 11.3 Å². The van der Waals surface area contributed by atoms with Gasteiger partial charge < -0.3 is 14.3 Å². The zero-order valence-electron chi connectivity index (χ0n) is 12.1. The fraction of sp³-hybridized carbons (Fsp3) is 0.333. The summed E-state index contributed by atoms with van der Waals surface area (Å²) in [7, 11) is 1.99. The topological polar surface area (TPSA) is 55.9 Å². The van der Waals surface area contributed by atoms with Crippen LogP contribution in [0.15, 0.2) is 40.6 Å². The van der Waals surface area contributed by atoms with Crippen molar-refractivity contribution in [2.75, 3.05) is 6.54 Å². The van der Waals surface area contributed by atoms with E-state index in [1.54, 1.807) is 23.8 Å². The van der Waals surface area contributed by atoms with Gasteiger partial charge in [-0.05, 0) is 19.1 Å². The number of nitrogens with one attached hydrogen (secondary N) is 1. The first kappa shape index (κ1) is 14.0. The monoisotopic (exact) mass is 302 g/mol. The molecule has 3 heterocycles. The Balaban J connectivity index is 1.70. The molecule has 1 atom stereocenters. The quantitative estimate of drug-likeness (QED) is 0.760. The molecule has 3 aromatic heterocycles. The second-order valence-electron chi connectivity index (χ2n) is 4.91. The van der Waals surface area contributed by atoms with Crippen LogP contribution in [-0.4, -0.2) is 21.1 Å². The molecule has 0 amide bonds. The Bertz CT molecular complexity index is 686. The van der Waals surface area contributed by atoms with E-state index >= 15 is 0 Å². The molecule has 1 unspecified atom stereocenters. The maximum absolute atomic E-state index is 5.55. The number of aryl methyl sites for hydroxylation is 2. The highest BCUT2D eigenvalue weighted by atomic mass is 32.1. The molecule has 0 aromatic carbocycles. The Kier molecular flexibility index (Phi) is 4.17. The predicted octanol–water partition coefficient (Wildman–Crippen LogP) is 2.70. The molecule has 3 aromatic rings. The van der Waals surface area contributed by atoms with Crippen molar-refractivity contribution >= 4 is 11.3 Å². The van der Waals surface area contributed by atoms with Gasteiger partial charge in [-0.2, -0.15) is 0 Å². The highest BCUT2D eigenvalue weighted by Crippen LogP contribution is 2.20. The third kappa shape index (κ3) is 3.22. The molecule has 0 radical (unpaired) electrons. The molecule has 0 saturated carbocycles. The van der Waals surface area contributed by atoms with Gasteiger partial charge in [0.05, 0.1) is 17.0 Å². The van der Waals surface area contributed by atoms with Crippen molar-refractivity contribution in [1.82, 2.24) is 19.9 Å². The number of thiazole rings is 1. The summed E-state index contributed by atoms with van der Waals surface area (Å²) in [5.74, 6) is 1.82. The van der Waals surface area contributed by atoms with Crippen molar-refractivity contribution in [2.24, 2.45) is 7.05 Å². The number of imidazole rings is 1. The van der Waals surface area contributed by atoms with Crippen molar-refractivity contribution < 1.29 is 4.42 Å². The van der Waals surface area contributed by atoms with Crippen LogP contribution in [0.5, 0.6) is 0 Å². The van der Waals surface area contributed by atoms with Crippen LogP contribution < -0.4 is 5.32 Å². The largest absolute Gasteiger partial charge is 0.467 e. The summed E-state index contributed by atoms with van der Waals surface area (Å²) in [6.45, 7) is 2.85. The second-order valence-corrected chi connectivity index (χ2v) is 5.97. The van der Waals surface area contributed by atoms with Crippen LogP contribution in [0.2, 0.25) is 0 Å². The summed E-state index contributed by atoms with van der Waals surface area (Å²) >= 11 is 1.69. The minimum Gasteiger partial charge on any atom is -0.467 e. The normalized spacial score (nSPS) is 12.7. The maximum Gasteiger partial charge on any atom is 0.133 e. The van der Waals surface area contributed by atoms with Gasteiger partial charge in [0.25, 0.3) is 0 Å². The fourth-order valence-corrected chi connectivity index (χ4v) is 2.94. The first-order valence-corrected chi connectivity index (χ1v) is 7.77. The van der Waals surface area contributed by atoms with Crippen molar-refractivity contribution in [3.63, 3.8) is 0 Å². The summed E-state index contributed by atoms with van der Waals surface area (Å²) in [6, 6.07) is 3.83. The Hall–Kier alpha value is -1.92. The van der Waals surface area contributed by atoms with E-state index in [1.807, 2.05) is 36.9 Å². The summed E-state index contributed by atoms with van der Waals surface area (Å²) in [5, 5.41) is 6.73. The molecule has 21 heavy (non-hydrogen) atoms. The molecule has 0 aliphatic carbocycles. The lowest BCUT2D eigenvalue weighted by Crippen LogP contribution is -2.26. The molecule has 0 aliphatic heterocycles. The van der Waals surface area contributed by atoms with Gasteiger partial charge in [0.15, 0.2) is 0 Å². The highest BCUT2D eigenvalue weighted by Gasteiger charge is 2.20. The minimum atomic E-state index is -0.0419. The number of aromatic nitrogens is 3. The molecule has 0 fully saturated rings. The van der Waals surface area contributed by atoms with E-state index in [-0.39, 0.29) is 6.04 Å². The lowest BCUT2D eigenvalue weighted by atomic mass is 10.2. The zero-order chi connectivity index (χ0) is 14.7. The van der Waals surface area contributed by atoms with Gasteiger partial charge in [-0.3, -0.25) is 0 Å². The molecule has 1 N–H and O–H groups in total. The van der Waals surface area contributed by atoms with Crippen molar-refractivity contribution in [1.29, 1.82) is 0 Å². The van der Waals surface area contributed by atoms with Gasteiger partial charge in [0.2, 0.25) is 0 Å². The van der Waals surface area contributed by atoms with Gasteiger partial charge in [0, 0.05) is 37.8 Å². The molecular formula is C15H18N4OS. The van der Waals surface area contributed by atoms with Crippen LogP contribution in [0.3, 0.4) is 0 Å². The molecule has 0 saturated heterocycles. The van der Waals surface area contributed by atoms with E-state index in [2.05, 4.69) is 20.7 Å². The Morgan fingerprint density at radius 1 is 1.48 bits per heavy atom. The van der Waals surface area contributed by atoms with E-state index in [9.17, 15) is 0 Å². The molecular weight excluding hydrogens is 284 g/mol. The van der Waals surface area contributed by atoms with E-state index < -0.39 is 0 Å². The lowest BCUT2D eigenvalue weighted by Gasteiger charge is -2.16.